The summed E-state index contributed by atoms with van der Waals surface area (Å²) >= 11 is 0. The Bertz CT molecular complexity index is 1050. The number of alkyl halides is 3. The maximum Gasteiger partial charge on any atom is 0.522 e. The fraction of sp³-hybridized carbons (Fsp3) is 0.560. The summed E-state index contributed by atoms with van der Waals surface area (Å²) in [5.41, 5.74) is 0.0633. The van der Waals surface area contributed by atoms with Crippen molar-refractivity contribution in [3.8, 4) is 0 Å². The molecule has 5 atom stereocenters. The minimum atomic E-state index is -5.04. The van der Waals surface area contributed by atoms with Gasteiger partial charge in [0.2, 0.25) is 17.7 Å². The van der Waals surface area contributed by atoms with Gasteiger partial charge in [0.15, 0.2) is 5.78 Å². The number of nitrogens with zero attached hydrogens (tertiary/aromatic N) is 1. The van der Waals surface area contributed by atoms with Crippen molar-refractivity contribution < 1.29 is 41.5 Å². The van der Waals surface area contributed by atoms with Crippen molar-refractivity contribution in [2.75, 3.05) is 19.7 Å². The van der Waals surface area contributed by atoms with Crippen molar-refractivity contribution in [1.82, 2.24) is 15.5 Å². The first-order valence-electron chi connectivity index (χ1n) is 12.2. The van der Waals surface area contributed by atoms with E-state index in [2.05, 4.69) is 15.4 Å². The third kappa shape index (κ3) is 6.46. The first-order valence-corrected chi connectivity index (χ1v) is 12.2. The highest BCUT2D eigenvalue weighted by Gasteiger charge is 2.50. The molecule has 0 aromatic heterocycles. The Morgan fingerprint density at radius 1 is 1.19 bits per heavy atom. The molecule has 2 aliphatic heterocycles. The van der Waals surface area contributed by atoms with Crippen LogP contribution in [-0.4, -0.2) is 66.5 Å². The number of nitrogens with one attached hydrogen (secondary N) is 2. The summed E-state index contributed by atoms with van der Waals surface area (Å²) < 4.78 is 55.4. The van der Waals surface area contributed by atoms with E-state index in [1.54, 1.807) is 6.07 Å². The lowest BCUT2D eigenvalue weighted by molar-refractivity contribution is -0.321. The fourth-order valence-corrected chi connectivity index (χ4v) is 5.61. The molecular formula is C25H28F4N3O5. The quantitative estimate of drug-likeness (QED) is 0.480. The van der Waals surface area contributed by atoms with Gasteiger partial charge in [0, 0.05) is 24.6 Å². The van der Waals surface area contributed by atoms with Gasteiger partial charge >= 0.3 is 6.36 Å². The number of amides is 3. The number of hydrogen-bond donors (Lipinski definition) is 2. The number of Topliss-reactive ketones (excluding diaryl/α,β-unsaturated/α-hetero) is 1. The Labute approximate surface area is 211 Å². The summed E-state index contributed by atoms with van der Waals surface area (Å²) in [7, 11) is 0. The second-order valence-electron chi connectivity index (χ2n) is 9.73. The molecular weight excluding hydrogens is 498 g/mol. The van der Waals surface area contributed by atoms with Crippen LogP contribution in [0.2, 0.25) is 0 Å². The number of ether oxygens (including phenoxy) is 1. The van der Waals surface area contributed by atoms with Crippen molar-refractivity contribution in [3.63, 3.8) is 0 Å². The molecule has 1 aromatic rings. The normalized spacial score (nSPS) is 26.1. The molecule has 2 N–H and O–H groups in total. The lowest BCUT2D eigenvalue weighted by atomic mass is 9.92. The van der Waals surface area contributed by atoms with Crippen LogP contribution in [0.1, 0.15) is 37.7 Å². The molecule has 1 aromatic carbocycles. The molecule has 4 rings (SSSR count). The van der Waals surface area contributed by atoms with E-state index in [1.807, 2.05) is 0 Å². The van der Waals surface area contributed by atoms with E-state index in [9.17, 15) is 36.7 Å². The second kappa shape index (κ2) is 11.2. The molecule has 3 fully saturated rings. The number of ketones is 1. The van der Waals surface area contributed by atoms with Crippen LogP contribution in [-0.2, 0) is 23.9 Å². The molecule has 12 heteroatoms. The molecule has 2 heterocycles. The smallest absolute Gasteiger partial charge is 0.356 e. The molecule has 1 aliphatic carbocycles. The van der Waals surface area contributed by atoms with E-state index >= 15 is 0 Å². The van der Waals surface area contributed by atoms with Gasteiger partial charge < -0.3 is 15.5 Å². The summed E-state index contributed by atoms with van der Waals surface area (Å²) in [6.45, 7) is -0.686. The molecule has 0 bridgehead atoms. The molecule has 8 nitrogen and oxygen atoms in total. The van der Waals surface area contributed by atoms with Gasteiger partial charge in [0.25, 0.3) is 0 Å². The first-order chi connectivity index (χ1) is 17.5. The van der Waals surface area contributed by atoms with Crippen LogP contribution in [0.4, 0.5) is 17.6 Å². The van der Waals surface area contributed by atoms with Crippen LogP contribution in [0.3, 0.4) is 0 Å². The van der Waals surface area contributed by atoms with Crippen molar-refractivity contribution >= 4 is 23.5 Å². The zero-order valence-corrected chi connectivity index (χ0v) is 19.9. The van der Waals surface area contributed by atoms with E-state index in [0.717, 1.165) is 19.3 Å². The van der Waals surface area contributed by atoms with E-state index in [0.29, 0.717) is 19.4 Å². The van der Waals surface area contributed by atoms with Gasteiger partial charge in [-0.3, -0.25) is 23.9 Å². The Morgan fingerprint density at radius 3 is 2.62 bits per heavy atom. The number of rotatable bonds is 9. The zero-order chi connectivity index (χ0) is 26.7. The van der Waals surface area contributed by atoms with Gasteiger partial charge in [0.05, 0.1) is 12.5 Å². The molecule has 0 unspecified atom stereocenters. The number of carbonyl (C=O) groups is 4. The number of halogens is 4. The van der Waals surface area contributed by atoms with Crippen molar-refractivity contribution in [2.24, 2.45) is 17.8 Å². The van der Waals surface area contributed by atoms with Crippen molar-refractivity contribution in [3.05, 3.63) is 42.1 Å². The Morgan fingerprint density at radius 2 is 1.95 bits per heavy atom. The van der Waals surface area contributed by atoms with Crippen LogP contribution in [0.25, 0.3) is 0 Å². The maximum absolute atomic E-state index is 14.1. The first kappa shape index (κ1) is 27.0. The molecule has 3 aliphatic rings. The molecule has 201 valence electrons. The van der Waals surface area contributed by atoms with Crippen LogP contribution in [0, 0.1) is 30.0 Å². The Kier molecular flexibility index (Phi) is 8.15. The number of carbonyl (C=O) groups excluding carboxylic acids is 4. The van der Waals surface area contributed by atoms with Gasteiger partial charge in [-0.05, 0) is 43.6 Å². The van der Waals surface area contributed by atoms with E-state index < -0.39 is 54.4 Å². The largest absolute Gasteiger partial charge is 0.522 e. The number of hydrogen-bond acceptors (Lipinski definition) is 5. The molecule has 1 saturated carbocycles. The standard InChI is InChI=1S/C25H28F4N3O5/c26-18-7-2-1-4-14(18)11-21(34)32-12-16-5-3-6-17(16)22(32)24(36)31-19(10-15-8-9-30-23(15)35)20(33)13-37-25(27,28)29/h1-2,4,7,11,15-17,19,22H,3,5-6,8-10,12-13H2,(H,30,35)(H,31,36)/t15-,16-,17-,19-,22-/m0/s1. The average molecular weight is 527 g/mol. The lowest BCUT2D eigenvalue weighted by Crippen LogP contribution is -2.54. The van der Waals surface area contributed by atoms with E-state index in [-0.39, 0.29) is 36.3 Å². The number of fused-ring (bicyclic) bond motifs is 1. The van der Waals surface area contributed by atoms with Crippen molar-refractivity contribution in [2.45, 2.75) is 50.6 Å². The van der Waals surface area contributed by atoms with Gasteiger partial charge in [-0.25, -0.2) is 4.39 Å². The number of benzene rings is 1. The SMILES string of the molecule is O=C1NCC[C@H]1C[C@H](NC(=O)[C@@H]1[C@H]2CCC[C@H]2CN1C(=O)[CH]c1ccccc1F)C(=O)COC(F)(F)F. The van der Waals surface area contributed by atoms with Gasteiger partial charge in [0.1, 0.15) is 18.5 Å². The van der Waals surface area contributed by atoms with Gasteiger partial charge in [-0.1, -0.05) is 24.6 Å². The average Bonchev–Trinajstić information content (AvgIpc) is 3.54. The molecule has 0 spiro atoms. The van der Waals surface area contributed by atoms with Crippen LogP contribution < -0.4 is 10.6 Å². The highest BCUT2D eigenvalue weighted by Crippen LogP contribution is 2.42. The molecule has 3 amide bonds. The second-order valence-corrected chi connectivity index (χ2v) is 9.73. The van der Waals surface area contributed by atoms with Gasteiger partial charge in [-0.15, -0.1) is 13.2 Å². The summed E-state index contributed by atoms with van der Waals surface area (Å²) in [6.07, 6.45) is -1.44. The zero-order valence-electron chi connectivity index (χ0n) is 19.9. The Hall–Kier alpha value is -3.02. The topological polar surface area (TPSA) is 105 Å². The van der Waals surface area contributed by atoms with E-state index in [1.165, 1.54) is 23.1 Å². The lowest BCUT2D eigenvalue weighted by Gasteiger charge is -2.29. The monoisotopic (exact) mass is 526 g/mol. The summed E-state index contributed by atoms with van der Waals surface area (Å²) in [5, 5.41) is 5.11. The fourth-order valence-electron chi connectivity index (χ4n) is 5.61. The third-order valence-corrected chi connectivity index (χ3v) is 7.39. The predicted molar refractivity (Wildman–Crippen MR) is 121 cm³/mol. The molecule has 2 saturated heterocycles. The highest BCUT2D eigenvalue weighted by atomic mass is 19.4. The minimum Gasteiger partial charge on any atom is -0.356 e. The minimum absolute atomic E-state index is 0.0389. The van der Waals surface area contributed by atoms with Crippen molar-refractivity contribution in [1.29, 1.82) is 0 Å². The van der Waals surface area contributed by atoms with Gasteiger partial charge in [-0.2, -0.15) is 0 Å². The van der Waals surface area contributed by atoms with E-state index in [4.69, 9.17) is 0 Å². The van der Waals surface area contributed by atoms with Crippen LogP contribution in [0.15, 0.2) is 24.3 Å². The Balaban J connectivity index is 1.51. The third-order valence-electron chi connectivity index (χ3n) is 7.39. The summed E-state index contributed by atoms with van der Waals surface area (Å²) in [6, 6.07) is 3.32. The number of likely N-dealkylation sites (tertiary alicyclic amines) is 1. The highest BCUT2D eigenvalue weighted by molar-refractivity contribution is 5.96. The maximum atomic E-state index is 14.1. The molecule has 1 radical (unpaired) electrons. The predicted octanol–water partition coefficient (Wildman–Crippen LogP) is 2.12. The molecule has 37 heavy (non-hydrogen) atoms. The summed E-state index contributed by atoms with van der Waals surface area (Å²) in [4.78, 5) is 52.7. The van der Waals surface area contributed by atoms with Crippen LogP contribution >= 0.6 is 0 Å². The summed E-state index contributed by atoms with van der Waals surface area (Å²) in [5.74, 6) is -4.05. The van der Waals surface area contributed by atoms with Crippen LogP contribution in [0.5, 0.6) is 0 Å².